The number of aromatic hydroxyl groups is 1. The van der Waals surface area contributed by atoms with E-state index in [-0.39, 0.29) is 11.7 Å². The van der Waals surface area contributed by atoms with Crippen LogP contribution in [0.2, 0.25) is 0 Å². The largest absolute Gasteiger partial charge is 0.505 e. The number of rotatable bonds is 1. The molecule has 1 nitrogen and oxygen atoms in total. The van der Waals surface area contributed by atoms with Gasteiger partial charge in [-0.05, 0) is 17.5 Å². The second-order valence-electron chi connectivity index (χ2n) is 2.83. The summed E-state index contributed by atoms with van der Waals surface area (Å²) in [7, 11) is 0. The van der Waals surface area contributed by atoms with Crippen LogP contribution in [-0.4, -0.2) is 5.11 Å². The number of hydrogen-bond acceptors (Lipinski definition) is 1. The molecule has 60 valence electrons. The lowest BCUT2D eigenvalue weighted by Gasteiger charge is -2.07. The van der Waals surface area contributed by atoms with Crippen LogP contribution < -0.4 is 0 Å². The molecular weight excluding hydrogens is 143 g/mol. The van der Waals surface area contributed by atoms with Gasteiger partial charge in [-0.2, -0.15) is 0 Å². The molecule has 11 heavy (non-hydrogen) atoms. The van der Waals surface area contributed by atoms with Gasteiger partial charge in [-0.1, -0.05) is 26.0 Å². The maximum Gasteiger partial charge on any atom is 0.165 e. The Morgan fingerprint density at radius 1 is 1.36 bits per heavy atom. The lowest BCUT2D eigenvalue weighted by Crippen LogP contribution is -1.89. The Labute approximate surface area is 65.5 Å². The summed E-state index contributed by atoms with van der Waals surface area (Å²) < 4.78 is 12.7. The monoisotopic (exact) mass is 154 g/mol. The van der Waals surface area contributed by atoms with Crippen LogP contribution in [0.1, 0.15) is 25.3 Å². The van der Waals surface area contributed by atoms with E-state index < -0.39 is 5.82 Å². The van der Waals surface area contributed by atoms with Crippen molar-refractivity contribution in [3.8, 4) is 5.75 Å². The molecular formula is C9H11FO. The van der Waals surface area contributed by atoms with Crippen molar-refractivity contribution in [3.63, 3.8) is 0 Å². The summed E-state index contributed by atoms with van der Waals surface area (Å²) in [6, 6.07) is 4.58. The lowest BCUT2D eigenvalue weighted by molar-refractivity contribution is 0.423. The molecule has 0 aliphatic rings. The van der Waals surface area contributed by atoms with Gasteiger partial charge in [-0.15, -0.1) is 0 Å². The first-order chi connectivity index (χ1) is 5.13. The zero-order chi connectivity index (χ0) is 8.43. The minimum atomic E-state index is -0.545. The van der Waals surface area contributed by atoms with Gasteiger partial charge in [0.05, 0.1) is 0 Å². The van der Waals surface area contributed by atoms with Crippen LogP contribution in [-0.2, 0) is 0 Å². The quantitative estimate of drug-likeness (QED) is 0.659. The van der Waals surface area contributed by atoms with E-state index in [1.165, 1.54) is 6.07 Å². The first-order valence-corrected chi connectivity index (χ1v) is 3.60. The van der Waals surface area contributed by atoms with E-state index in [1.807, 2.05) is 13.8 Å². The van der Waals surface area contributed by atoms with Gasteiger partial charge in [-0.3, -0.25) is 0 Å². The second-order valence-corrected chi connectivity index (χ2v) is 2.83. The smallest absolute Gasteiger partial charge is 0.165 e. The molecule has 1 rings (SSSR count). The van der Waals surface area contributed by atoms with E-state index in [4.69, 9.17) is 0 Å². The second kappa shape index (κ2) is 2.91. The fraction of sp³-hybridized carbons (Fsp3) is 0.333. The molecule has 0 amide bonds. The van der Waals surface area contributed by atoms with E-state index >= 15 is 0 Å². The van der Waals surface area contributed by atoms with Gasteiger partial charge in [-0.25, -0.2) is 4.39 Å². The number of halogens is 1. The van der Waals surface area contributed by atoms with Crippen molar-refractivity contribution in [1.29, 1.82) is 0 Å². The predicted molar refractivity (Wildman–Crippen MR) is 42.2 cm³/mol. The summed E-state index contributed by atoms with van der Waals surface area (Å²) in [6.45, 7) is 3.82. The fourth-order valence-corrected chi connectivity index (χ4v) is 0.998. The maximum absolute atomic E-state index is 12.7. The molecule has 0 radical (unpaired) electrons. The highest BCUT2D eigenvalue weighted by Crippen LogP contribution is 2.27. The predicted octanol–water partition coefficient (Wildman–Crippen LogP) is 2.65. The van der Waals surface area contributed by atoms with Crippen LogP contribution in [0.25, 0.3) is 0 Å². The van der Waals surface area contributed by atoms with Gasteiger partial charge < -0.3 is 5.11 Å². The molecule has 0 aliphatic carbocycles. The molecule has 2 heteroatoms. The van der Waals surface area contributed by atoms with Gasteiger partial charge >= 0.3 is 0 Å². The zero-order valence-electron chi connectivity index (χ0n) is 6.63. The van der Waals surface area contributed by atoms with Crippen LogP contribution in [0, 0.1) is 5.82 Å². The van der Waals surface area contributed by atoms with Crippen molar-refractivity contribution < 1.29 is 9.50 Å². The van der Waals surface area contributed by atoms with Crippen molar-refractivity contribution in [3.05, 3.63) is 29.6 Å². The van der Waals surface area contributed by atoms with Gasteiger partial charge in [0, 0.05) is 0 Å². The summed E-state index contributed by atoms with van der Waals surface area (Å²) in [5.41, 5.74) is 0.657. The summed E-state index contributed by atoms with van der Waals surface area (Å²) in [6.07, 6.45) is 0. The molecule has 0 spiro atoms. The Kier molecular flexibility index (Phi) is 2.13. The Bertz CT molecular complexity index is 256. The van der Waals surface area contributed by atoms with Crippen LogP contribution in [0.3, 0.4) is 0 Å². The van der Waals surface area contributed by atoms with E-state index in [0.717, 1.165) is 0 Å². The van der Waals surface area contributed by atoms with Crippen molar-refractivity contribution in [1.82, 2.24) is 0 Å². The molecule has 0 saturated carbocycles. The number of phenolic OH excluding ortho intramolecular Hbond substituents is 1. The summed E-state index contributed by atoms with van der Waals surface area (Å²) in [5.74, 6) is -0.607. The van der Waals surface area contributed by atoms with Crippen LogP contribution in [0.15, 0.2) is 18.2 Å². The third-order valence-electron chi connectivity index (χ3n) is 1.64. The van der Waals surface area contributed by atoms with Crippen LogP contribution in [0.5, 0.6) is 5.75 Å². The topological polar surface area (TPSA) is 20.2 Å². The average molecular weight is 154 g/mol. The van der Waals surface area contributed by atoms with Gasteiger partial charge in [0.15, 0.2) is 11.6 Å². The molecule has 0 atom stereocenters. The third-order valence-corrected chi connectivity index (χ3v) is 1.64. The molecule has 0 aromatic heterocycles. The van der Waals surface area contributed by atoms with Crippen LogP contribution >= 0.6 is 0 Å². The van der Waals surface area contributed by atoms with Crippen molar-refractivity contribution in [2.45, 2.75) is 19.8 Å². The SMILES string of the molecule is CC(C)c1cccc(F)c1O. The minimum absolute atomic E-state index is 0.158. The van der Waals surface area contributed by atoms with Gasteiger partial charge in [0.2, 0.25) is 0 Å². The molecule has 0 saturated heterocycles. The standard InChI is InChI=1S/C9H11FO/c1-6(2)7-4-3-5-8(10)9(7)11/h3-6,11H,1-2H3. The number of benzene rings is 1. The number of hydrogen-bond donors (Lipinski definition) is 1. The number of para-hydroxylation sites is 1. The third kappa shape index (κ3) is 1.50. The lowest BCUT2D eigenvalue weighted by atomic mass is 10.0. The summed E-state index contributed by atoms with van der Waals surface area (Å²) in [5, 5.41) is 9.19. The molecule has 0 aliphatic heterocycles. The highest BCUT2D eigenvalue weighted by molar-refractivity contribution is 5.35. The van der Waals surface area contributed by atoms with E-state index in [0.29, 0.717) is 5.56 Å². The molecule has 1 N–H and O–H groups in total. The Morgan fingerprint density at radius 3 is 2.45 bits per heavy atom. The fourth-order valence-electron chi connectivity index (χ4n) is 0.998. The van der Waals surface area contributed by atoms with E-state index in [1.54, 1.807) is 12.1 Å². The summed E-state index contributed by atoms with van der Waals surface area (Å²) in [4.78, 5) is 0. The van der Waals surface area contributed by atoms with Gasteiger partial charge in [0.25, 0.3) is 0 Å². The van der Waals surface area contributed by atoms with Gasteiger partial charge in [0.1, 0.15) is 0 Å². The van der Waals surface area contributed by atoms with E-state index in [9.17, 15) is 9.50 Å². The molecule has 1 aromatic carbocycles. The molecule has 1 aromatic rings. The first-order valence-electron chi connectivity index (χ1n) is 3.60. The Morgan fingerprint density at radius 2 is 2.00 bits per heavy atom. The Hall–Kier alpha value is -1.05. The van der Waals surface area contributed by atoms with Crippen molar-refractivity contribution in [2.75, 3.05) is 0 Å². The van der Waals surface area contributed by atoms with E-state index in [2.05, 4.69) is 0 Å². The molecule has 0 unspecified atom stereocenters. The normalized spacial score (nSPS) is 10.5. The average Bonchev–Trinajstić information content (AvgIpc) is 1.94. The molecule has 0 fully saturated rings. The first kappa shape index (κ1) is 8.05. The highest BCUT2D eigenvalue weighted by atomic mass is 19.1. The summed E-state index contributed by atoms with van der Waals surface area (Å²) >= 11 is 0. The highest BCUT2D eigenvalue weighted by Gasteiger charge is 2.08. The zero-order valence-corrected chi connectivity index (χ0v) is 6.63. The maximum atomic E-state index is 12.7. The number of phenols is 1. The molecule has 0 heterocycles. The Balaban J connectivity index is 3.17. The minimum Gasteiger partial charge on any atom is -0.505 e. The van der Waals surface area contributed by atoms with Crippen LogP contribution in [0.4, 0.5) is 4.39 Å². The van der Waals surface area contributed by atoms with Crippen molar-refractivity contribution >= 4 is 0 Å². The molecule has 0 bridgehead atoms. The van der Waals surface area contributed by atoms with Crippen molar-refractivity contribution in [2.24, 2.45) is 0 Å².